The molecule has 3 heterocycles. The highest BCUT2D eigenvalue weighted by molar-refractivity contribution is 5.95. The van der Waals surface area contributed by atoms with Crippen molar-refractivity contribution in [3.8, 4) is 22.9 Å². The lowest BCUT2D eigenvalue weighted by Crippen LogP contribution is -2.13. The van der Waals surface area contributed by atoms with Crippen LogP contribution in [0.25, 0.3) is 16.6 Å². The summed E-state index contributed by atoms with van der Waals surface area (Å²) in [6.07, 6.45) is 3.35. The number of para-hydroxylation sites is 1. The summed E-state index contributed by atoms with van der Waals surface area (Å²) in [5, 5.41) is 26.9. The van der Waals surface area contributed by atoms with E-state index in [0.717, 1.165) is 34.0 Å². The van der Waals surface area contributed by atoms with Gasteiger partial charge < -0.3 is 10.4 Å². The van der Waals surface area contributed by atoms with Crippen molar-refractivity contribution in [2.24, 2.45) is 0 Å². The third kappa shape index (κ3) is 2.19. The lowest BCUT2D eigenvalue weighted by molar-refractivity contribution is 0.467. The van der Waals surface area contributed by atoms with Gasteiger partial charge in [-0.2, -0.15) is 10.4 Å². The summed E-state index contributed by atoms with van der Waals surface area (Å²) in [4.78, 5) is 0. The van der Waals surface area contributed by atoms with E-state index in [-0.39, 0.29) is 5.75 Å². The first-order valence-electron chi connectivity index (χ1n) is 8.42. The van der Waals surface area contributed by atoms with Crippen LogP contribution in [0.5, 0.6) is 5.75 Å². The van der Waals surface area contributed by atoms with E-state index in [9.17, 15) is 14.8 Å². The fourth-order valence-electron chi connectivity index (χ4n) is 3.75. The van der Waals surface area contributed by atoms with Crippen LogP contribution in [-0.4, -0.2) is 14.7 Å². The predicted molar refractivity (Wildman–Crippen MR) is 98.9 cm³/mol. The summed E-state index contributed by atoms with van der Waals surface area (Å²) < 4.78 is 16.4. The Labute approximate surface area is 153 Å². The molecule has 0 radical (unpaired) electrons. The molecule has 1 aliphatic heterocycles. The highest BCUT2D eigenvalue weighted by atomic mass is 19.1. The van der Waals surface area contributed by atoms with Crippen molar-refractivity contribution >= 4 is 11.2 Å². The number of benzene rings is 2. The third-order valence-corrected chi connectivity index (χ3v) is 4.94. The Morgan fingerprint density at radius 1 is 1.15 bits per heavy atom. The second-order valence-corrected chi connectivity index (χ2v) is 6.44. The molecule has 1 aliphatic rings. The molecule has 6 heteroatoms. The predicted octanol–water partition coefficient (Wildman–Crippen LogP) is 4.23. The number of nitrogens with one attached hydrogen (secondary N) is 1. The number of rotatable bonds is 1. The van der Waals surface area contributed by atoms with Crippen LogP contribution in [0.4, 0.5) is 10.1 Å². The summed E-state index contributed by atoms with van der Waals surface area (Å²) in [6.45, 7) is 0. The molecule has 5 nitrogen and oxygen atoms in total. The first kappa shape index (κ1) is 15.4. The van der Waals surface area contributed by atoms with E-state index in [1.54, 1.807) is 23.0 Å². The average molecular weight is 356 g/mol. The Hall–Kier alpha value is -3.85. The van der Waals surface area contributed by atoms with Crippen LogP contribution in [0.2, 0.25) is 0 Å². The largest absolute Gasteiger partial charge is 0.508 e. The zero-order valence-corrected chi connectivity index (χ0v) is 14.0. The summed E-state index contributed by atoms with van der Waals surface area (Å²) in [5.74, 6) is -0.627. The van der Waals surface area contributed by atoms with Crippen LogP contribution in [0.3, 0.4) is 0 Å². The maximum absolute atomic E-state index is 14.7. The highest BCUT2D eigenvalue weighted by Gasteiger charge is 2.29. The van der Waals surface area contributed by atoms with Gasteiger partial charge in [0.1, 0.15) is 17.6 Å². The van der Waals surface area contributed by atoms with Crippen molar-refractivity contribution in [1.82, 2.24) is 9.61 Å². The average Bonchev–Trinajstić information content (AvgIpc) is 3.04. The number of nitrogens with zero attached hydrogens (tertiary/aromatic N) is 3. The van der Waals surface area contributed by atoms with Gasteiger partial charge in [-0.3, -0.25) is 0 Å². The van der Waals surface area contributed by atoms with Crippen molar-refractivity contribution in [3.63, 3.8) is 0 Å². The maximum atomic E-state index is 14.7. The SMILES string of the molecule is N#Cc1cnn2ccc3c2c1-c1ccccc1NC3c1ccc(O)cc1F. The molecule has 0 aliphatic carbocycles. The van der Waals surface area contributed by atoms with Gasteiger partial charge >= 0.3 is 0 Å². The lowest BCUT2D eigenvalue weighted by Gasteiger charge is -2.20. The first-order valence-corrected chi connectivity index (χ1v) is 8.42. The minimum absolute atomic E-state index is 0.124. The second kappa shape index (κ2) is 5.58. The molecule has 2 N–H and O–H groups in total. The smallest absolute Gasteiger partial charge is 0.132 e. The molecule has 0 saturated carbocycles. The number of phenols is 1. The van der Waals surface area contributed by atoms with Crippen molar-refractivity contribution in [3.05, 3.63) is 83.4 Å². The normalized spacial score (nSPS) is 14.9. The van der Waals surface area contributed by atoms with Gasteiger partial charge in [-0.15, -0.1) is 0 Å². The minimum atomic E-state index is -0.503. The summed E-state index contributed by atoms with van der Waals surface area (Å²) >= 11 is 0. The van der Waals surface area contributed by atoms with E-state index in [4.69, 9.17) is 0 Å². The number of anilines is 1. The van der Waals surface area contributed by atoms with Gasteiger partial charge in [0.25, 0.3) is 0 Å². The van der Waals surface area contributed by atoms with Gasteiger partial charge in [0.15, 0.2) is 0 Å². The number of hydrogen-bond acceptors (Lipinski definition) is 4. The molecule has 2 aromatic heterocycles. The molecule has 130 valence electrons. The number of aromatic nitrogens is 2. The summed E-state index contributed by atoms with van der Waals surface area (Å²) in [7, 11) is 0. The number of fused-ring (bicyclic) bond motifs is 2. The van der Waals surface area contributed by atoms with E-state index < -0.39 is 11.9 Å². The molecule has 0 fully saturated rings. The fraction of sp³-hybridized carbons (Fsp3) is 0.0476. The summed E-state index contributed by atoms with van der Waals surface area (Å²) in [6, 6.07) is 15.4. The molecular weight excluding hydrogens is 343 g/mol. The Morgan fingerprint density at radius 3 is 2.81 bits per heavy atom. The molecule has 2 aromatic carbocycles. The molecule has 5 rings (SSSR count). The van der Waals surface area contributed by atoms with Crippen LogP contribution >= 0.6 is 0 Å². The zero-order chi connectivity index (χ0) is 18.5. The Balaban J connectivity index is 1.89. The van der Waals surface area contributed by atoms with E-state index in [0.29, 0.717) is 11.1 Å². The van der Waals surface area contributed by atoms with Crippen LogP contribution in [0.1, 0.15) is 22.7 Å². The molecule has 0 saturated heterocycles. The Morgan fingerprint density at radius 2 is 2.00 bits per heavy atom. The molecule has 27 heavy (non-hydrogen) atoms. The fourth-order valence-corrected chi connectivity index (χ4v) is 3.75. The standard InChI is InChI=1S/C21H13FN4O/c22-17-9-13(27)5-6-14(17)20-16-7-8-26-21(16)19(12(10-23)11-24-26)15-3-1-2-4-18(15)25-20/h1-9,11,20,25,27H. The molecule has 4 aromatic rings. The van der Waals surface area contributed by atoms with Gasteiger partial charge in [-0.25, -0.2) is 8.91 Å². The highest BCUT2D eigenvalue weighted by Crippen LogP contribution is 2.44. The van der Waals surface area contributed by atoms with E-state index >= 15 is 0 Å². The molecule has 0 spiro atoms. The topological polar surface area (TPSA) is 73.4 Å². The molecule has 1 unspecified atom stereocenters. The van der Waals surface area contributed by atoms with E-state index in [2.05, 4.69) is 16.5 Å². The monoisotopic (exact) mass is 356 g/mol. The van der Waals surface area contributed by atoms with Crippen molar-refractivity contribution in [2.75, 3.05) is 5.32 Å². The minimum Gasteiger partial charge on any atom is -0.508 e. The Bertz CT molecular complexity index is 1260. The van der Waals surface area contributed by atoms with Crippen LogP contribution in [0.15, 0.2) is 60.9 Å². The Kier molecular flexibility index (Phi) is 3.18. The molecule has 0 bridgehead atoms. The van der Waals surface area contributed by atoms with Gasteiger partial charge in [-0.05, 0) is 18.2 Å². The number of nitriles is 1. The van der Waals surface area contributed by atoms with Gasteiger partial charge in [0.05, 0.1) is 23.3 Å². The second-order valence-electron chi connectivity index (χ2n) is 6.44. The first-order chi connectivity index (χ1) is 13.2. The number of hydrogen-bond donors (Lipinski definition) is 2. The van der Waals surface area contributed by atoms with Gasteiger partial charge in [0.2, 0.25) is 0 Å². The molecule has 0 amide bonds. The summed E-state index contributed by atoms with van der Waals surface area (Å²) in [5.41, 5.74) is 4.89. The van der Waals surface area contributed by atoms with Crippen molar-refractivity contribution < 1.29 is 9.50 Å². The van der Waals surface area contributed by atoms with Crippen LogP contribution in [-0.2, 0) is 0 Å². The van der Waals surface area contributed by atoms with Gasteiger partial charge in [-0.1, -0.05) is 24.3 Å². The van der Waals surface area contributed by atoms with Crippen molar-refractivity contribution in [2.45, 2.75) is 6.04 Å². The van der Waals surface area contributed by atoms with Crippen molar-refractivity contribution in [1.29, 1.82) is 5.26 Å². The molecule has 1 atom stereocenters. The number of phenolic OH excluding ortho intramolecular Hbond substituents is 1. The van der Waals surface area contributed by atoms with E-state index in [1.807, 2.05) is 30.3 Å². The van der Waals surface area contributed by atoms with Crippen LogP contribution < -0.4 is 5.32 Å². The quantitative estimate of drug-likeness (QED) is 0.535. The number of aromatic hydroxyl groups is 1. The van der Waals surface area contributed by atoms with Gasteiger partial charge in [0, 0.05) is 40.2 Å². The molecular formula is C21H13FN4O. The lowest BCUT2D eigenvalue weighted by atomic mass is 9.96. The number of halogens is 1. The third-order valence-electron chi connectivity index (χ3n) is 4.94. The zero-order valence-electron chi connectivity index (χ0n) is 14.0. The maximum Gasteiger partial charge on any atom is 0.132 e. The van der Waals surface area contributed by atoms with Crippen LogP contribution in [0, 0.1) is 17.1 Å². The van der Waals surface area contributed by atoms with E-state index in [1.165, 1.54) is 6.07 Å².